The predicted molar refractivity (Wildman–Crippen MR) is 78.1 cm³/mol. The van der Waals surface area contributed by atoms with Gasteiger partial charge in [-0.05, 0) is 25.4 Å². The molecule has 1 aliphatic carbocycles. The van der Waals surface area contributed by atoms with Crippen molar-refractivity contribution in [3.63, 3.8) is 0 Å². The Balaban J connectivity index is 2.44. The van der Waals surface area contributed by atoms with Gasteiger partial charge in [0.05, 0.1) is 27.5 Å². The van der Waals surface area contributed by atoms with Gasteiger partial charge >= 0.3 is 0 Å². The van der Waals surface area contributed by atoms with Gasteiger partial charge < -0.3 is 5.73 Å². The summed E-state index contributed by atoms with van der Waals surface area (Å²) in [7, 11) is 0. The summed E-state index contributed by atoms with van der Waals surface area (Å²) in [6.45, 7) is 1.27. The Morgan fingerprint density at radius 1 is 1.48 bits per heavy atom. The largest absolute Gasteiger partial charge is 0.398 e. The quantitative estimate of drug-likeness (QED) is 0.628. The Kier molecular flexibility index (Phi) is 1.84. The van der Waals surface area contributed by atoms with Crippen LogP contribution in [0.4, 0.5) is 5.69 Å². The van der Waals surface area contributed by atoms with Gasteiger partial charge in [0, 0.05) is 16.2 Å². The third-order valence-corrected chi connectivity index (χ3v) is 3.17. The number of Topliss-reactive ketones (excluding diaryl/α,β-unsaturated/α-hetero) is 2. The number of hydrogen-bond acceptors (Lipinski definition) is 5. The summed E-state index contributed by atoms with van der Waals surface area (Å²) in [4.78, 5) is 41.4. The molecule has 6 nitrogen and oxygen atoms in total. The van der Waals surface area contributed by atoms with E-state index < -0.39 is 42.3 Å². The summed E-state index contributed by atoms with van der Waals surface area (Å²) >= 11 is 0. The van der Waals surface area contributed by atoms with Crippen molar-refractivity contribution in [3.05, 3.63) is 34.3 Å². The average Bonchev–Trinajstić information content (AvgIpc) is 2.57. The lowest BCUT2D eigenvalue weighted by atomic mass is 9.92. The lowest BCUT2D eigenvalue weighted by Crippen LogP contribution is -2.36. The minimum atomic E-state index is -2.82. The molecule has 2 atom stereocenters. The van der Waals surface area contributed by atoms with Crippen LogP contribution in [0.5, 0.6) is 0 Å². The third kappa shape index (κ3) is 2.12. The lowest BCUT2D eigenvalue weighted by Gasteiger charge is -2.24. The van der Waals surface area contributed by atoms with Crippen LogP contribution in [0.1, 0.15) is 39.3 Å². The van der Waals surface area contributed by atoms with Crippen molar-refractivity contribution in [3.8, 4) is 0 Å². The molecule has 0 saturated heterocycles. The number of anilines is 1. The first-order valence-corrected chi connectivity index (χ1v) is 6.13. The van der Waals surface area contributed by atoms with Crippen molar-refractivity contribution >= 4 is 28.2 Å². The van der Waals surface area contributed by atoms with Crippen molar-refractivity contribution in [1.82, 2.24) is 9.55 Å². The second kappa shape index (κ2) is 4.80. The maximum absolute atomic E-state index is 13.1. The molecule has 1 heterocycles. The summed E-state index contributed by atoms with van der Waals surface area (Å²) in [5, 5.41) is -0.359. The summed E-state index contributed by atoms with van der Waals surface area (Å²) < 4.78 is 48.3. The van der Waals surface area contributed by atoms with Gasteiger partial charge in [-0.3, -0.25) is 19.0 Å². The normalized spacial score (nSPS) is 32.7. The Labute approximate surface area is 129 Å². The molecule has 1 aromatic heterocycles. The van der Waals surface area contributed by atoms with E-state index in [1.54, 1.807) is 0 Å². The van der Waals surface area contributed by atoms with Gasteiger partial charge in [0.25, 0.3) is 5.56 Å². The number of fused-ring (bicyclic) bond motifs is 1. The minimum absolute atomic E-state index is 0.130. The highest BCUT2D eigenvalue weighted by atomic mass is 16.2. The van der Waals surface area contributed by atoms with Gasteiger partial charge in [-0.25, -0.2) is 4.98 Å². The van der Waals surface area contributed by atoms with E-state index in [0.717, 1.165) is 6.07 Å². The summed E-state index contributed by atoms with van der Waals surface area (Å²) in [6, 6.07) is -2.21. The molecule has 2 aromatic rings. The number of aromatic nitrogens is 2. The van der Waals surface area contributed by atoms with Gasteiger partial charge in [-0.1, -0.05) is 6.07 Å². The maximum Gasteiger partial charge on any atom is 0.264 e. The standard InChI is InChI=1S/C15H15N3O3/c1-8-17-11-4-2-3-10(16)14(11)15(21)18(8)12-6-5-9(19)7-13(12)20/h2-4,12H,5-7,16H2,1H3/i3D,4D,5D2,6D,12D. The van der Waals surface area contributed by atoms with Crippen LogP contribution >= 0.6 is 0 Å². The lowest BCUT2D eigenvalue weighted by molar-refractivity contribution is -0.132. The van der Waals surface area contributed by atoms with Crippen molar-refractivity contribution in [1.29, 1.82) is 0 Å². The monoisotopic (exact) mass is 291 g/mol. The zero-order chi connectivity index (χ0) is 20.5. The van der Waals surface area contributed by atoms with E-state index >= 15 is 0 Å². The highest BCUT2D eigenvalue weighted by Gasteiger charge is 2.30. The van der Waals surface area contributed by atoms with E-state index in [-0.39, 0.29) is 34.5 Å². The van der Waals surface area contributed by atoms with Crippen LogP contribution in [0, 0.1) is 6.92 Å². The fraction of sp³-hybridized carbons (Fsp3) is 0.333. The Hall–Kier alpha value is -2.50. The van der Waals surface area contributed by atoms with E-state index in [2.05, 4.69) is 4.98 Å². The molecule has 21 heavy (non-hydrogen) atoms. The first-order valence-electron chi connectivity index (χ1n) is 9.21. The topological polar surface area (TPSA) is 95.0 Å². The molecule has 3 rings (SSSR count). The summed E-state index contributed by atoms with van der Waals surface area (Å²) in [5.41, 5.74) is 4.30. The smallest absolute Gasteiger partial charge is 0.264 e. The van der Waals surface area contributed by atoms with Gasteiger partial charge in [0.1, 0.15) is 11.6 Å². The van der Waals surface area contributed by atoms with Crippen LogP contribution in [-0.4, -0.2) is 21.1 Å². The fourth-order valence-corrected chi connectivity index (χ4v) is 2.22. The SMILES string of the molecule is [2H]c1cc([2H])c2nc(C)n(C3([2H])C(=O)CC(=O)C([2H])([2H])C3[2H])c(=O)c2c1N. The highest BCUT2D eigenvalue weighted by Crippen LogP contribution is 2.24. The number of nitrogens with zero attached hydrogens (tertiary/aromatic N) is 2. The Morgan fingerprint density at radius 2 is 2.24 bits per heavy atom. The average molecular weight is 291 g/mol. The van der Waals surface area contributed by atoms with Crippen LogP contribution in [0.15, 0.2) is 22.9 Å². The second-order valence-corrected chi connectivity index (χ2v) is 4.57. The first-order chi connectivity index (χ1) is 12.3. The molecule has 0 amide bonds. The number of carbonyl (C=O) groups excluding carboxylic acids is 2. The van der Waals surface area contributed by atoms with Gasteiger partial charge in [0.15, 0.2) is 5.78 Å². The number of nitrogen functional groups attached to an aromatic ring is 1. The van der Waals surface area contributed by atoms with Crippen molar-refractivity contribution in [2.24, 2.45) is 0 Å². The molecule has 0 spiro atoms. The van der Waals surface area contributed by atoms with Gasteiger partial charge in [-0.15, -0.1) is 0 Å². The van der Waals surface area contributed by atoms with Gasteiger partial charge in [0.2, 0.25) is 0 Å². The van der Waals surface area contributed by atoms with Crippen LogP contribution in [-0.2, 0) is 9.59 Å². The van der Waals surface area contributed by atoms with Crippen LogP contribution < -0.4 is 11.3 Å². The van der Waals surface area contributed by atoms with Gasteiger partial charge in [-0.2, -0.15) is 0 Å². The Bertz CT molecular complexity index is 1080. The number of benzene rings is 1. The maximum atomic E-state index is 13.1. The molecule has 1 saturated carbocycles. The number of aryl methyl sites for hydroxylation is 1. The first kappa shape index (κ1) is 8.07. The highest BCUT2D eigenvalue weighted by molar-refractivity contribution is 6.03. The third-order valence-electron chi connectivity index (χ3n) is 3.17. The van der Waals surface area contributed by atoms with Crippen molar-refractivity contribution in [2.75, 3.05) is 5.73 Å². The predicted octanol–water partition coefficient (Wildman–Crippen LogP) is 1.15. The molecule has 0 aliphatic heterocycles. The number of rotatable bonds is 1. The van der Waals surface area contributed by atoms with E-state index in [4.69, 9.17) is 14.0 Å². The molecule has 1 aromatic carbocycles. The zero-order valence-corrected chi connectivity index (χ0v) is 11.1. The fourth-order valence-electron chi connectivity index (χ4n) is 2.22. The number of nitrogens with two attached hydrogens (primary N) is 1. The number of carbonyl (C=O) groups is 2. The molecular formula is C15H15N3O3. The van der Waals surface area contributed by atoms with Crippen molar-refractivity contribution < 1.29 is 17.8 Å². The molecule has 0 radical (unpaired) electrons. The number of ketones is 2. The second-order valence-electron chi connectivity index (χ2n) is 4.57. The van der Waals surface area contributed by atoms with E-state index in [1.165, 1.54) is 6.92 Å². The van der Waals surface area contributed by atoms with E-state index in [9.17, 15) is 14.4 Å². The molecule has 1 aliphatic rings. The summed E-state index contributed by atoms with van der Waals surface area (Å²) in [5.74, 6) is -2.44. The van der Waals surface area contributed by atoms with Crippen LogP contribution in [0.25, 0.3) is 10.9 Å². The molecule has 2 N–H and O–H groups in total. The van der Waals surface area contributed by atoms with Crippen LogP contribution in [0.3, 0.4) is 0 Å². The summed E-state index contributed by atoms with van der Waals surface area (Å²) in [6.07, 6.45) is -5.97. The van der Waals surface area contributed by atoms with E-state index in [0.29, 0.717) is 4.57 Å². The van der Waals surface area contributed by atoms with E-state index in [1.807, 2.05) is 0 Å². The molecular weight excluding hydrogens is 270 g/mol. The van der Waals surface area contributed by atoms with Crippen molar-refractivity contribution in [2.45, 2.75) is 32.1 Å². The molecule has 2 unspecified atom stereocenters. The molecule has 1 fully saturated rings. The Morgan fingerprint density at radius 3 is 3.00 bits per heavy atom. The molecule has 6 heteroatoms. The zero-order valence-electron chi connectivity index (χ0n) is 17.1. The molecule has 108 valence electrons. The van der Waals surface area contributed by atoms with Crippen LogP contribution in [0.2, 0.25) is 0 Å². The molecule has 0 bridgehead atoms. The minimum Gasteiger partial charge on any atom is -0.398 e. The number of hydrogen-bond donors (Lipinski definition) is 1.